The van der Waals surface area contributed by atoms with Crippen molar-refractivity contribution >= 4 is 0 Å². The number of aryl methyl sites for hydroxylation is 1. The van der Waals surface area contributed by atoms with Crippen LogP contribution in [0.1, 0.15) is 22.8 Å². The van der Waals surface area contributed by atoms with Crippen LogP contribution < -0.4 is 0 Å². The Balaban J connectivity index is 2.19. The second kappa shape index (κ2) is 5.27. The van der Waals surface area contributed by atoms with Crippen LogP contribution >= 0.6 is 0 Å². The van der Waals surface area contributed by atoms with Gasteiger partial charge in [0.2, 0.25) is 0 Å². The highest BCUT2D eigenvalue weighted by Crippen LogP contribution is 2.21. The molecule has 0 amide bonds. The second-order valence-electron chi connectivity index (χ2n) is 4.32. The Hall–Kier alpha value is -1.74. The minimum Gasteiger partial charge on any atom is -0.388 e. The van der Waals surface area contributed by atoms with Crippen molar-refractivity contribution < 1.29 is 13.9 Å². The number of halogens is 2. The molecule has 18 heavy (non-hydrogen) atoms. The fraction of sp³-hybridized carbons (Fsp3) is 0.200. The van der Waals surface area contributed by atoms with E-state index in [0.29, 0.717) is 12.0 Å². The zero-order chi connectivity index (χ0) is 13.1. The summed E-state index contributed by atoms with van der Waals surface area (Å²) >= 11 is 0. The Morgan fingerprint density at radius 2 is 1.78 bits per heavy atom. The molecule has 1 atom stereocenters. The molecule has 0 aliphatic carbocycles. The van der Waals surface area contributed by atoms with Gasteiger partial charge < -0.3 is 5.11 Å². The van der Waals surface area contributed by atoms with E-state index >= 15 is 0 Å². The molecule has 0 saturated carbocycles. The number of aliphatic hydroxyl groups excluding tert-OH is 1. The third kappa shape index (κ3) is 2.74. The van der Waals surface area contributed by atoms with Gasteiger partial charge >= 0.3 is 0 Å². The van der Waals surface area contributed by atoms with Gasteiger partial charge in [-0.3, -0.25) is 0 Å². The van der Waals surface area contributed by atoms with E-state index in [1.165, 1.54) is 6.07 Å². The fourth-order valence-electron chi connectivity index (χ4n) is 1.88. The van der Waals surface area contributed by atoms with Crippen molar-refractivity contribution in [3.05, 3.63) is 70.8 Å². The molecule has 0 bridgehead atoms. The Kier molecular flexibility index (Phi) is 3.72. The summed E-state index contributed by atoms with van der Waals surface area (Å²) in [4.78, 5) is 0. The van der Waals surface area contributed by atoms with E-state index in [-0.39, 0.29) is 0 Å². The van der Waals surface area contributed by atoms with Crippen LogP contribution in [0, 0.1) is 18.6 Å². The normalized spacial score (nSPS) is 12.4. The van der Waals surface area contributed by atoms with Gasteiger partial charge in [0.1, 0.15) is 0 Å². The summed E-state index contributed by atoms with van der Waals surface area (Å²) in [6, 6.07) is 11.2. The highest BCUT2D eigenvalue weighted by atomic mass is 19.2. The predicted octanol–water partition coefficient (Wildman–Crippen LogP) is 3.55. The third-order valence-electron chi connectivity index (χ3n) is 3.00. The molecule has 0 radical (unpaired) electrons. The van der Waals surface area contributed by atoms with Crippen molar-refractivity contribution in [2.45, 2.75) is 19.4 Å². The molecular formula is C15H14F2O. The van der Waals surface area contributed by atoms with Gasteiger partial charge in [-0.15, -0.1) is 0 Å². The lowest BCUT2D eigenvalue weighted by atomic mass is 9.98. The summed E-state index contributed by atoms with van der Waals surface area (Å²) < 4.78 is 25.9. The number of aliphatic hydroxyl groups is 1. The van der Waals surface area contributed by atoms with Crippen LogP contribution in [0.4, 0.5) is 8.78 Å². The van der Waals surface area contributed by atoms with Gasteiger partial charge in [0.25, 0.3) is 0 Å². The standard InChI is InChI=1S/C15H14F2O/c1-10-4-2-3-5-11(10)9-15(18)12-6-7-13(16)14(17)8-12/h2-8,15,18H,9H2,1H3. The number of benzene rings is 2. The minimum atomic E-state index is -0.934. The summed E-state index contributed by atoms with van der Waals surface area (Å²) in [5.41, 5.74) is 2.45. The Morgan fingerprint density at radius 1 is 1.06 bits per heavy atom. The maximum atomic E-state index is 13.1. The highest BCUT2D eigenvalue weighted by molar-refractivity contribution is 5.28. The first kappa shape index (κ1) is 12.7. The molecular weight excluding hydrogens is 234 g/mol. The molecule has 1 N–H and O–H groups in total. The lowest BCUT2D eigenvalue weighted by molar-refractivity contribution is 0.177. The van der Waals surface area contributed by atoms with Gasteiger partial charge in [-0.1, -0.05) is 30.3 Å². The van der Waals surface area contributed by atoms with Crippen LogP contribution in [0.25, 0.3) is 0 Å². The van der Waals surface area contributed by atoms with Crippen molar-refractivity contribution in [3.63, 3.8) is 0 Å². The maximum Gasteiger partial charge on any atom is 0.159 e. The van der Waals surface area contributed by atoms with Crippen molar-refractivity contribution in [1.82, 2.24) is 0 Å². The van der Waals surface area contributed by atoms with Gasteiger partial charge in [-0.05, 0) is 35.7 Å². The molecule has 1 unspecified atom stereocenters. The first-order valence-electron chi connectivity index (χ1n) is 5.75. The average molecular weight is 248 g/mol. The minimum absolute atomic E-state index is 0.386. The summed E-state index contributed by atoms with van der Waals surface area (Å²) in [6.07, 6.45) is -0.446. The number of hydrogen-bond acceptors (Lipinski definition) is 1. The lowest BCUT2D eigenvalue weighted by Gasteiger charge is -2.13. The molecule has 0 aromatic heterocycles. The van der Waals surface area contributed by atoms with Crippen LogP contribution in [0.3, 0.4) is 0 Å². The smallest absolute Gasteiger partial charge is 0.159 e. The Bertz CT molecular complexity index is 552. The zero-order valence-corrected chi connectivity index (χ0v) is 10.0. The topological polar surface area (TPSA) is 20.2 Å². The van der Waals surface area contributed by atoms with Gasteiger partial charge in [0, 0.05) is 6.42 Å². The first-order valence-corrected chi connectivity index (χ1v) is 5.75. The molecule has 2 aromatic rings. The number of hydrogen-bond donors (Lipinski definition) is 1. The van der Waals surface area contributed by atoms with E-state index in [0.717, 1.165) is 23.3 Å². The summed E-state index contributed by atoms with van der Waals surface area (Å²) in [5, 5.41) is 10.0. The summed E-state index contributed by atoms with van der Waals surface area (Å²) in [7, 11) is 0. The van der Waals surface area contributed by atoms with E-state index in [4.69, 9.17) is 0 Å². The average Bonchev–Trinajstić information content (AvgIpc) is 2.35. The van der Waals surface area contributed by atoms with Gasteiger partial charge in [0.05, 0.1) is 6.10 Å². The van der Waals surface area contributed by atoms with E-state index in [1.807, 2.05) is 31.2 Å². The van der Waals surface area contributed by atoms with Crippen LogP contribution in [-0.2, 0) is 6.42 Å². The number of rotatable bonds is 3. The molecule has 0 aliphatic heterocycles. The van der Waals surface area contributed by atoms with Gasteiger partial charge in [-0.2, -0.15) is 0 Å². The molecule has 2 aromatic carbocycles. The third-order valence-corrected chi connectivity index (χ3v) is 3.00. The lowest BCUT2D eigenvalue weighted by Crippen LogP contribution is -2.04. The Labute approximate surface area is 105 Å². The van der Waals surface area contributed by atoms with Crippen LogP contribution in [0.5, 0.6) is 0 Å². The SMILES string of the molecule is Cc1ccccc1CC(O)c1ccc(F)c(F)c1. The highest BCUT2D eigenvalue weighted by Gasteiger charge is 2.12. The van der Waals surface area contributed by atoms with Crippen molar-refractivity contribution in [2.24, 2.45) is 0 Å². The van der Waals surface area contributed by atoms with Gasteiger partial charge in [-0.25, -0.2) is 8.78 Å². The second-order valence-corrected chi connectivity index (χ2v) is 4.32. The fourth-order valence-corrected chi connectivity index (χ4v) is 1.88. The first-order chi connectivity index (χ1) is 8.58. The summed E-state index contributed by atoms with van der Waals surface area (Å²) in [6.45, 7) is 1.95. The Morgan fingerprint density at radius 3 is 2.44 bits per heavy atom. The monoisotopic (exact) mass is 248 g/mol. The molecule has 0 saturated heterocycles. The largest absolute Gasteiger partial charge is 0.388 e. The maximum absolute atomic E-state index is 13.1. The van der Waals surface area contributed by atoms with Crippen molar-refractivity contribution in [3.8, 4) is 0 Å². The quantitative estimate of drug-likeness (QED) is 0.880. The van der Waals surface area contributed by atoms with Gasteiger partial charge in [0.15, 0.2) is 11.6 Å². The summed E-state index contributed by atoms with van der Waals surface area (Å²) in [5.74, 6) is -1.84. The molecule has 2 rings (SSSR count). The molecule has 0 aliphatic rings. The van der Waals surface area contributed by atoms with Crippen molar-refractivity contribution in [2.75, 3.05) is 0 Å². The van der Waals surface area contributed by atoms with Crippen LogP contribution in [0.15, 0.2) is 42.5 Å². The van der Waals surface area contributed by atoms with E-state index in [9.17, 15) is 13.9 Å². The zero-order valence-electron chi connectivity index (χ0n) is 10.0. The molecule has 94 valence electrons. The molecule has 0 heterocycles. The van der Waals surface area contributed by atoms with E-state index < -0.39 is 17.7 Å². The predicted molar refractivity (Wildman–Crippen MR) is 66.2 cm³/mol. The molecule has 3 heteroatoms. The van der Waals surface area contributed by atoms with E-state index in [2.05, 4.69) is 0 Å². The molecule has 0 fully saturated rings. The van der Waals surface area contributed by atoms with Crippen molar-refractivity contribution in [1.29, 1.82) is 0 Å². The van der Waals surface area contributed by atoms with Crippen LogP contribution in [-0.4, -0.2) is 5.11 Å². The molecule has 0 spiro atoms. The van der Waals surface area contributed by atoms with Crippen LogP contribution in [0.2, 0.25) is 0 Å². The van der Waals surface area contributed by atoms with E-state index in [1.54, 1.807) is 0 Å². The molecule has 1 nitrogen and oxygen atoms in total.